The highest BCUT2D eigenvalue weighted by Gasteiger charge is 2.45. The Morgan fingerprint density at radius 3 is 2.30 bits per heavy atom. The van der Waals surface area contributed by atoms with Gasteiger partial charge in [-0.25, -0.2) is 4.42 Å². The highest BCUT2D eigenvalue weighted by molar-refractivity contribution is 6.36. The zero-order valence-electron chi connectivity index (χ0n) is 17.1. The lowest BCUT2D eigenvalue weighted by molar-refractivity contribution is -0.117. The van der Waals surface area contributed by atoms with Crippen molar-refractivity contribution in [2.24, 2.45) is 0 Å². The van der Waals surface area contributed by atoms with E-state index in [2.05, 4.69) is 22.3 Å². The van der Waals surface area contributed by atoms with Gasteiger partial charge in [-0.1, -0.05) is 30.3 Å². The van der Waals surface area contributed by atoms with Gasteiger partial charge < -0.3 is 10.2 Å². The number of benzene rings is 2. The van der Waals surface area contributed by atoms with Crippen molar-refractivity contribution >= 4 is 29.3 Å². The number of hydrogen-bond donors (Lipinski definition) is 1. The summed E-state index contributed by atoms with van der Waals surface area (Å²) in [6, 6.07) is 17.0. The Kier molecular flexibility index (Phi) is 6.40. The van der Waals surface area contributed by atoms with E-state index >= 15 is 0 Å². The SMILES string of the molecule is O=C(NCCC(=O)N(Cl)c1ccccc1)c1ccc(C2(CN3CCCC3)CC2)cc1. The second kappa shape index (κ2) is 9.19. The highest BCUT2D eigenvalue weighted by atomic mass is 35.5. The predicted octanol–water partition coefficient (Wildman–Crippen LogP) is 4.12. The van der Waals surface area contributed by atoms with Crippen LogP contribution in [-0.4, -0.2) is 42.9 Å². The standard InChI is InChI=1S/C24H28ClN3O2/c25-28(21-6-2-1-3-7-21)22(29)12-15-26-23(30)19-8-10-20(11-9-19)24(13-14-24)18-27-16-4-5-17-27/h1-3,6-11H,4-5,12-18H2,(H,26,30). The van der Waals surface area contributed by atoms with Crippen LogP contribution in [0.5, 0.6) is 0 Å². The Hall–Kier alpha value is -2.37. The second-order valence-electron chi connectivity index (χ2n) is 8.36. The molecule has 2 amide bonds. The van der Waals surface area contributed by atoms with E-state index in [0.717, 1.165) is 11.0 Å². The minimum absolute atomic E-state index is 0.140. The van der Waals surface area contributed by atoms with Crippen molar-refractivity contribution in [1.82, 2.24) is 10.2 Å². The van der Waals surface area contributed by atoms with Crippen molar-refractivity contribution in [3.05, 3.63) is 65.7 Å². The molecule has 0 unspecified atom stereocenters. The zero-order valence-corrected chi connectivity index (χ0v) is 17.9. The van der Waals surface area contributed by atoms with E-state index in [4.69, 9.17) is 11.8 Å². The first-order valence-corrected chi connectivity index (χ1v) is 11.1. The first-order valence-electron chi connectivity index (χ1n) is 10.7. The molecule has 4 rings (SSSR count). The fourth-order valence-corrected chi connectivity index (χ4v) is 4.42. The third kappa shape index (κ3) is 4.85. The van der Waals surface area contributed by atoms with Crippen LogP contribution in [0.15, 0.2) is 54.6 Å². The van der Waals surface area contributed by atoms with Gasteiger partial charge in [-0.2, -0.15) is 0 Å². The molecule has 158 valence electrons. The van der Waals surface area contributed by atoms with E-state index in [9.17, 15) is 9.59 Å². The number of carbonyl (C=O) groups excluding carboxylic acids is 2. The molecule has 5 nitrogen and oxygen atoms in total. The van der Waals surface area contributed by atoms with E-state index in [1.807, 2.05) is 30.3 Å². The maximum atomic E-state index is 12.4. The summed E-state index contributed by atoms with van der Waals surface area (Å²) in [6.45, 7) is 3.81. The molecule has 1 heterocycles. The summed E-state index contributed by atoms with van der Waals surface area (Å²) < 4.78 is 1.09. The van der Waals surface area contributed by atoms with Crippen LogP contribution in [0.4, 0.5) is 5.69 Å². The van der Waals surface area contributed by atoms with Crippen molar-refractivity contribution in [3.8, 4) is 0 Å². The summed E-state index contributed by atoms with van der Waals surface area (Å²) in [5.41, 5.74) is 2.86. The molecule has 2 fully saturated rings. The van der Waals surface area contributed by atoms with Gasteiger partial charge >= 0.3 is 0 Å². The lowest BCUT2D eigenvalue weighted by atomic mass is 9.94. The van der Waals surface area contributed by atoms with Crippen LogP contribution in [-0.2, 0) is 10.2 Å². The van der Waals surface area contributed by atoms with Crippen LogP contribution in [0.25, 0.3) is 0 Å². The van der Waals surface area contributed by atoms with Gasteiger partial charge in [0.1, 0.15) is 0 Å². The van der Waals surface area contributed by atoms with Crippen LogP contribution in [0.3, 0.4) is 0 Å². The molecule has 1 saturated carbocycles. The molecule has 0 radical (unpaired) electrons. The molecule has 1 saturated heterocycles. The first kappa shape index (κ1) is 20.9. The fourth-order valence-electron chi connectivity index (χ4n) is 4.22. The number of halogens is 1. The Morgan fingerprint density at radius 1 is 1.00 bits per heavy atom. The van der Waals surface area contributed by atoms with E-state index in [-0.39, 0.29) is 30.2 Å². The van der Waals surface area contributed by atoms with Crippen LogP contribution in [0.1, 0.15) is 48.0 Å². The monoisotopic (exact) mass is 425 g/mol. The predicted molar refractivity (Wildman–Crippen MR) is 120 cm³/mol. The largest absolute Gasteiger partial charge is 0.352 e. The number of hydrogen-bond acceptors (Lipinski definition) is 3. The van der Waals surface area contributed by atoms with E-state index in [0.29, 0.717) is 11.3 Å². The van der Waals surface area contributed by atoms with Gasteiger partial charge in [0, 0.05) is 42.3 Å². The van der Waals surface area contributed by atoms with Crippen LogP contribution in [0.2, 0.25) is 0 Å². The number of para-hydroxylation sites is 1. The molecule has 2 aliphatic rings. The molecule has 2 aromatic carbocycles. The van der Waals surface area contributed by atoms with Crippen LogP contribution in [0, 0.1) is 0 Å². The summed E-state index contributed by atoms with van der Waals surface area (Å²) in [7, 11) is 0. The quantitative estimate of drug-likeness (QED) is 0.647. The molecule has 1 N–H and O–H groups in total. The van der Waals surface area contributed by atoms with Gasteiger partial charge in [0.25, 0.3) is 5.91 Å². The van der Waals surface area contributed by atoms with E-state index in [1.54, 1.807) is 12.1 Å². The summed E-state index contributed by atoms with van der Waals surface area (Å²) in [6.07, 6.45) is 5.22. The number of amides is 2. The van der Waals surface area contributed by atoms with E-state index in [1.165, 1.54) is 44.3 Å². The van der Waals surface area contributed by atoms with Gasteiger partial charge in [0.15, 0.2) is 0 Å². The lowest BCUT2D eigenvalue weighted by Gasteiger charge is -2.23. The molecule has 2 aromatic rings. The number of rotatable bonds is 8. The number of nitrogens with zero attached hydrogens (tertiary/aromatic N) is 2. The molecule has 1 aliphatic heterocycles. The minimum atomic E-state index is -0.254. The van der Waals surface area contributed by atoms with Gasteiger partial charge in [-0.05, 0) is 68.6 Å². The number of likely N-dealkylation sites (tertiary alicyclic amines) is 1. The molecule has 0 atom stereocenters. The normalized spacial score (nSPS) is 17.5. The first-order chi connectivity index (χ1) is 14.6. The highest BCUT2D eigenvalue weighted by Crippen LogP contribution is 2.49. The maximum Gasteiger partial charge on any atom is 0.251 e. The maximum absolute atomic E-state index is 12.4. The lowest BCUT2D eigenvalue weighted by Crippen LogP contribution is -2.30. The summed E-state index contributed by atoms with van der Waals surface area (Å²) in [4.78, 5) is 27.2. The third-order valence-corrected chi connectivity index (χ3v) is 6.55. The Balaban J connectivity index is 1.26. The van der Waals surface area contributed by atoms with Crippen molar-refractivity contribution in [2.45, 2.75) is 37.5 Å². The second-order valence-corrected chi connectivity index (χ2v) is 8.70. The van der Waals surface area contributed by atoms with Crippen LogP contribution >= 0.6 is 11.8 Å². The van der Waals surface area contributed by atoms with Gasteiger partial charge in [-0.15, -0.1) is 0 Å². The topological polar surface area (TPSA) is 52.7 Å². The number of carbonyl (C=O) groups is 2. The summed E-state index contributed by atoms with van der Waals surface area (Å²) >= 11 is 6.08. The average molecular weight is 426 g/mol. The third-order valence-electron chi connectivity index (χ3n) is 6.16. The molecule has 1 aliphatic carbocycles. The van der Waals surface area contributed by atoms with Gasteiger partial charge in [0.05, 0.1) is 5.69 Å². The van der Waals surface area contributed by atoms with Crippen molar-refractivity contribution in [3.63, 3.8) is 0 Å². The fraction of sp³-hybridized carbons (Fsp3) is 0.417. The molecule has 0 bridgehead atoms. The molecule has 30 heavy (non-hydrogen) atoms. The molecule has 0 aromatic heterocycles. The smallest absolute Gasteiger partial charge is 0.251 e. The van der Waals surface area contributed by atoms with Crippen molar-refractivity contribution in [1.29, 1.82) is 0 Å². The minimum Gasteiger partial charge on any atom is -0.352 e. The molecular weight excluding hydrogens is 398 g/mol. The number of anilines is 1. The Bertz CT molecular complexity index is 875. The Morgan fingerprint density at radius 2 is 1.67 bits per heavy atom. The summed E-state index contributed by atoms with van der Waals surface area (Å²) in [5.74, 6) is -0.421. The van der Waals surface area contributed by atoms with Gasteiger partial charge in [0.2, 0.25) is 5.91 Å². The Labute approximate surface area is 183 Å². The van der Waals surface area contributed by atoms with Crippen molar-refractivity contribution < 1.29 is 9.59 Å². The zero-order chi connectivity index (χ0) is 21.0. The van der Waals surface area contributed by atoms with E-state index < -0.39 is 0 Å². The molecule has 6 heteroatoms. The average Bonchev–Trinajstić information content (AvgIpc) is 3.38. The van der Waals surface area contributed by atoms with Crippen LogP contribution < -0.4 is 9.74 Å². The molecule has 0 spiro atoms. The molecular formula is C24H28ClN3O2. The van der Waals surface area contributed by atoms with Crippen molar-refractivity contribution in [2.75, 3.05) is 30.6 Å². The van der Waals surface area contributed by atoms with Gasteiger partial charge in [-0.3, -0.25) is 9.59 Å². The number of nitrogens with one attached hydrogen (secondary N) is 1. The summed E-state index contributed by atoms with van der Waals surface area (Å²) in [5, 5.41) is 2.82.